The van der Waals surface area contributed by atoms with Crippen LogP contribution in [0.3, 0.4) is 0 Å². The van der Waals surface area contributed by atoms with E-state index in [1.165, 1.54) is 12.1 Å². The van der Waals surface area contributed by atoms with E-state index < -0.39 is 23.3 Å². The van der Waals surface area contributed by atoms with Gasteiger partial charge in [-0.25, -0.2) is 17.6 Å². The van der Waals surface area contributed by atoms with Crippen molar-refractivity contribution in [1.29, 1.82) is 0 Å². The van der Waals surface area contributed by atoms with Crippen molar-refractivity contribution in [2.75, 3.05) is 0 Å². The fraction of sp³-hybridized carbons (Fsp3) is 0. The van der Waals surface area contributed by atoms with Crippen molar-refractivity contribution in [3.63, 3.8) is 0 Å². The van der Waals surface area contributed by atoms with Gasteiger partial charge < -0.3 is 0 Å². The van der Waals surface area contributed by atoms with Gasteiger partial charge in [0.25, 0.3) is 4.06 Å². The van der Waals surface area contributed by atoms with Crippen molar-refractivity contribution in [3.05, 3.63) is 68.5 Å². The van der Waals surface area contributed by atoms with Gasteiger partial charge in [0.05, 0.1) is 8.42 Å². The normalized spacial score (nSPS) is 11.0. The van der Waals surface area contributed by atoms with Crippen LogP contribution in [0.5, 0.6) is 0 Å². The molecule has 3 aromatic rings. The minimum atomic E-state index is -0.741. The molecule has 0 N–H and O–H groups in total. The maximum Gasteiger partial charge on any atom is 0.289 e. The summed E-state index contributed by atoms with van der Waals surface area (Å²) in [5.41, 5.74) is 0. The standard InChI is InChI=1S/C15H6F4OS4/c16-7-1-3-11(9(18)5-7)21-13-14(24-15(20)23-13)22-12-4-2-8(17)6-10(12)19/h1-6H. The molecule has 3 rings (SSSR count). The van der Waals surface area contributed by atoms with Gasteiger partial charge in [0.1, 0.15) is 23.3 Å². The first-order valence-corrected chi connectivity index (χ1v) is 9.59. The lowest BCUT2D eigenvalue weighted by Gasteiger charge is -2.05. The Morgan fingerprint density at radius 3 is 1.50 bits per heavy atom. The molecule has 0 aliphatic heterocycles. The first-order valence-electron chi connectivity index (χ1n) is 6.32. The highest BCUT2D eigenvalue weighted by molar-refractivity contribution is 8.05. The summed E-state index contributed by atoms with van der Waals surface area (Å²) in [5, 5.41) is 0. The zero-order valence-corrected chi connectivity index (χ0v) is 14.8. The van der Waals surface area contributed by atoms with E-state index in [9.17, 15) is 22.4 Å². The van der Waals surface area contributed by atoms with Crippen LogP contribution in [0.4, 0.5) is 17.6 Å². The molecule has 0 saturated carbocycles. The van der Waals surface area contributed by atoms with Crippen LogP contribution in [-0.2, 0) is 0 Å². The average molecular weight is 406 g/mol. The van der Waals surface area contributed by atoms with E-state index in [1.54, 1.807) is 0 Å². The van der Waals surface area contributed by atoms with E-state index in [1.807, 2.05) is 0 Å². The van der Waals surface area contributed by atoms with Gasteiger partial charge in [-0.3, -0.25) is 4.79 Å². The number of hydrogen-bond acceptors (Lipinski definition) is 5. The Morgan fingerprint density at radius 2 is 1.12 bits per heavy atom. The summed E-state index contributed by atoms with van der Waals surface area (Å²) in [6.45, 7) is 0. The molecule has 0 aliphatic carbocycles. The van der Waals surface area contributed by atoms with Crippen LogP contribution in [0.2, 0.25) is 0 Å². The van der Waals surface area contributed by atoms with Gasteiger partial charge in [-0.05, 0) is 24.3 Å². The minimum Gasteiger partial charge on any atom is -0.265 e. The quantitative estimate of drug-likeness (QED) is 0.493. The van der Waals surface area contributed by atoms with Crippen LogP contribution in [-0.4, -0.2) is 0 Å². The number of hydrogen-bond donors (Lipinski definition) is 0. The third-order valence-electron chi connectivity index (χ3n) is 2.71. The molecule has 24 heavy (non-hydrogen) atoms. The summed E-state index contributed by atoms with van der Waals surface area (Å²) in [7, 11) is 0. The monoisotopic (exact) mass is 406 g/mol. The topological polar surface area (TPSA) is 17.1 Å². The van der Waals surface area contributed by atoms with Crippen molar-refractivity contribution in [1.82, 2.24) is 0 Å². The lowest BCUT2D eigenvalue weighted by molar-refractivity contribution is 0.564. The van der Waals surface area contributed by atoms with Crippen molar-refractivity contribution in [3.8, 4) is 0 Å². The van der Waals surface area contributed by atoms with Gasteiger partial charge in [0, 0.05) is 21.9 Å². The molecule has 1 aromatic heterocycles. The Bertz CT molecular complexity index is 877. The first kappa shape index (κ1) is 17.5. The zero-order chi connectivity index (χ0) is 17.3. The van der Waals surface area contributed by atoms with Crippen LogP contribution >= 0.6 is 46.2 Å². The van der Waals surface area contributed by atoms with Gasteiger partial charge in [-0.2, -0.15) is 0 Å². The molecule has 0 aliphatic rings. The molecule has 0 bridgehead atoms. The van der Waals surface area contributed by atoms with E-state index in [0.29, 0.717) is 8.42 Å². The average Bonchev–Trinajstić information content (AvgIpc) is 2.84. The molecule has 0 atom stereocenters. The van der Waals surface area contributed by atoms with Crippen molar-refractivity contribution >= 4 is 46.2 Å². The predicted molar refractivity (Wildman–Crippen MR) is 89.4 cm³/mol. The molecule has 0 amide bonds. The Morgan fingerprint density at radius 1 is 0.708 bits per heavy atom. The predicted octanol–water partition coefficient (Wildman–Crippen LogP) is 6.03. The molecular formula is C15H6F4OS4. The fourth-order valence-corrected chi connectivity index (χ4v) is 6.63. The number of halogens is 4. The molecule has 1 heterocycles. The summed E-state index contributed by atoms with van der Waals surface area (Å²) < 4.78 is 54.2. The van der Waals surface area contributed by atoms with E-state index in [-0.39, 0.29) is 13.8 Å². The molecule has 0 spiro atoms. The molecule has 1 nitrogen and oxygen atoms in total. The van der Waals surface area contributed by atoms with E-state index >= 15 is 0 Å². The number of benzene rings is 2. The van der Waals surface area contributed by atoms with Crippen LogP contribution in [0.15, 0.2) is 59.4 Å². The summed E-state index contributed by atoms with van der Waals surface area (Å²) in [4.78, 5) is 12.0. The highest BCUT2D eigenvalue weighted by Gasteiger charge is 2.16. The minimum absolute atomic E-state index is 0.159. The highest BCUT2D eigenvalue weighted by atomic mass is 32.2. The summed E-state index contributed by atoms with van der Waals surface area (Å²) >= 11 is 3.73. The van der Waals surface area contributed by atoms with E-state index in [4.69, 9.17) is 0 Å². The van der Waals surface area contributed by atoms with Gasteiger partial charge in [0.2, 0.25) is 0 Å². The Kier molecular flexibility index (Phi) is 5.33. The second-order valence-electron chi connectivity index (χ2n) is 4.38. The maximum absolute atomic E-state index is 13.8. The largest absolute Gasteiger partial charge is 0.289 e. The molecule has 2 aromatic carbocycles. The van der Waals surface area contributed by atoms with Crippen LogP contribution < -0.4 is 4.06 Å². The molecule has 0 unspecified atom stereocenters. The summed E-state index contributed by atoms with van der Waals surface area (Å²) in [6.07, 6.45) is 0. The lowest BCUT2D eigenvalue weighted by Crippen LogP contribution is -1.84. The Balaban J connectivity index is 1.91. The van der Waals surface area contributed by atoms with Crippen LogP contribution in [0.25, 0.3) is 0 Å². The zero-order valence-electron chi connectivity index (χ0n) is 11.5. The Hall–Kier alpha value is -1.29. The smallest absolute Gasteiger partial charge is 0.265 e. The SMILES string of the molecule is O=c1sc(Sc2ccc(F)cc2F)c(Sc2ccc(F)cc2F)s1. The van der Waals surface area contributed by atoms with Gasteiger partial charge in [-0.1, -0.05) is 46.2 Å². The molecule has 0 fully saturated rings. The van der Waals surface area contributed by atoms with Crippen molar-refractivity contribution in [2.24, 2.45) is 0 Å². The second kappa shape index (κ2) is 7.30. The molecule has 9 heteroatoms. The molecule has 0 saturated heterocycles. The van der Waals surface area contributed by atoms with Gasteiger partial charge >= 0.3 is 0 Å². The van der Waals surface area contributed by atoms with E-state index in [0.717, 1.165) is 70.5 Å². The first-order chi connectivity index (χ1) is 11.4. The van der Waals surface area contributed by atoms with Crippen molar-refractivity contribution < 1.29 is 17.6 Å². The van der Waals surface area contributed by atoms with Gasteiger partial charge in [0.15, 0.2) is 0 Å². The summed E-state index contributed by atoms with van der Waals surface area (Å²) in [6, 6.07) is 6.29. The van der Waals surface area contributed by atoms with E-state index in [2.05, 4.69) is 0 Å². The number of rotatable bonds is 4. The molecular weight excluding hydrogens is 400 g/mol. The third-order valence-corrected chi connectivity index (χ3v) is 7.72. The van der Waals surface area contributed by atoms with Gasteiger partial charge in [-0.15, -0.1) is 0 Å². The molecule has 124 valence electrons. The van der Waals surface area contributed by atoms with Crippen LogP contribution in [0, 0.1) is 23.3 Å². The Labute approximate surface area is 150 Å². The lowest BCUT2D eigenvalue weighted by atomic mass is 10.3. The fourth-order valence-electron chi connectivity index (χ4n) is 1.70. The highest BCUT2D eigenvalue weighted by Crippen LogP contribution is 2.44. The summed E-state index contributed by atoms with van der Waals surface area (Å²) in [5.74, 6) is -2.87. The van der Waals surface area contributed by atoms with Crippen LogP contribution in [0.1, 0.15) is 0 Å². The van der Waals surface area contributed by atoms with Crippen molar-refractivity contribution in [2.45, 2.75) is 18.2 Å². The maximum atomic E-state index is 13.8. The third kappa shape index (κ3) is 4.02. The molecule has 0 radical (unpaired) electrons. The second-order valence-corrected chi connectivity index (χ2v) is 9.23.